The molecule has 1 saturated carbocycles. The number of benzene rings is 1. The molecule has 158 valence electrons. The minimum Gasteiger partial charge on any atom is -0.341 e. The molecule has 1 atom stereocenters. The van der Waals surface area contributed by atoms with Gasteiger partial charge in [-0.05, 0) is 49.8 Å². The smallest absolute Gasteiger partial charge is 0.321 e. The van der Waals surface area contributed by atoms with Crippen LogP contribution in [0, 0.1) is 11.7 Å². The molecular formula is C22H31FN4O2. The van der Waals surface area contributed by atoms with Crippen molar-refractivity contribution in [3.05, 3.63) is 30.1 Å². The third kappa shape index (κ3) is 4.71. The number of rotatable bonds is 4. The molecule has 0 radical (unpaired) electrons. The molecule has 29 heavy (non-hydrogen) atoms. The Morgan fingerprint density at radius 1 is 0.931 bits per heavy atom. The predicted octanol–water partition coefficient (Wildman–Crippen LogP) is 3.16. The standard InChI is InChI=1S/C22H31FN4O2/c23-18-8-5-9-19(16-18)24-22(29)27-14-12-25(13-15-27)20(17-6-1-2-7-17)21(28)26-10-3-4-11-26/h5,8-9,16-17,20H,1-4,6-7,10-15H2,(H,24,29). The number of carbonyl (C=O) groups excluding carboxylic acids is 2. The second kappa shape index (κ2) is 9.11. The maximum Gasteiger partial charge on any atom is 0.321 e. The molecule has 4 rings (SSSR count). The van der Waals surface area contributed by atoms with Crippen LogP contribution >= 0.6 is 0 Å². The van der Waals surface area contributed by atoms with Crippen LogP contribution in [-0.4, -0.2) is 71.9 Å². The summed E-state index contributed by atoms with van der Waals surface area (Å²) in [4.78, 5) is 31.9. The van der Waals surface area contributed by atoms with E-state index in [9.17, 15) is 14.0 Å². The number of anilines is 1. The van der Waals surface area contributed by atoms with Gasteiger partial charge < -0.3 is 15.1 Å². The fourth-order valence-electron chi connectivity index (χ4n) is 5.03. The van der Waals surface area contributed by atoms with Gasteiger partial charge in [0, 0.05) is 45.0 Å². The van der Waals surface area contributed by atoms with Crippen LogP contribution in [0.5, 0.6) is 0 Å². The molecule has 2 saturated heterocycles. The van der Waals surface area contributed by atoms with Crippen molar-refractivity contribution >= 4 is 17.6 Å². The molecular weight excluding hydrogens is 371 g/mol. The summed E-state index contributed by atoms with van der Waals surface area (Å²) in [6, 6.07) is 5.69. The third-order valence-electron chi connectivity index (χ3n) is 6.59. The maximum atomic E-state index is 13.3. The van der Waals surface area contributed by atoms with Crippen molar-refractivity contribution in [1.29, 1.82) is 0 Å². The highest BCUT2D eigenvalue weighted by atomic mass is 19.1. The number of hydrogen-bond acceptors (Lipinski definition) is 3. The van der Waals surface area contributed by atoms with Crippen LogP contribution in [0.3, 0.4) is 0 Å². The summed E-state index contributed by atoms with van der Waals surface area (Å²) in [5.41, 5.74) is 0.463. The Kier molecular flexibility index (Phi) is 6.33. The molecule has 1 unspecified atom stereocenters. The van der Waals surface area contributed by atoms with E-state index in [0.717, 1.165) is 38.8 Å². The molecule has 1 aromatic rings. The normalized spacial score (nSPS) is 22.1. The molecule has 3 aliphatic rings. The highest BCUT2D eigenvalue weighted by Crippen LogP contribution is 2.32. The molecule has 1 N–H and O–H groups in total. The lowest BCUT2D eigenvalue weighted by molar-refractivity contribution is -0.138. The summed E-state index contributed by atoms with van der Waals surface area (Å²) in [6.45, 7) is 4.35. The summed E-state index contributed by atoms with van der Waals surface area (Å²) < 4.78 is 13.3. The first-order chi connectivity index (χ1) is 14.1. The highest BCUT2D eigenvalue weighted by molar-refractivity contribution is 5.89. The van der Waals surface area contributed by atoms with Gasteiger partial charge in [-0.1, -0.05) is 18.9 Å². The minimum atomic E-state index is -0.368. The van der Waals surface area contributed by atoms with Crippen LogP contribution in [0.15, 0.2) is 24.3 Å². The molecule has 3 amide bonds. The zero-order chi connectivity index (χ0) is 20.2. The maximum absolute atomic E-state index is 13.3. The summed E-state index contributed by atoms with van der Waals surface area (Å²) in [5.74, 6) is 0.371. The summed E-state index contributed by atoms with van der Waals surface area (Å²) in [7, 11) is 0. The van der Waals surface area contributed by atoms with Gasteiger partial charge in [-0.25, -0.2) is 9.18 Å². The van der Waals surface area contributed by atoms with Gasteiger partial charge in [0.05, 0.1) is 6.04 Å². The van der Waals surface area contributed by atoms with Gasteiger partial charge in [-0.3, -0.25) is 9.69 Å². The first-order valence-corrected chi connectivity index (χ1v) is 11.0. The topological polar surface area (TPSA) is 55.9 Å². The summed E-state index contributed by atoms with van der Waals surface area (Å²) in [5, 5.41) is 2.77. The molecule has 2 heterocycles. The first-order valence-electron chi connectivity index (χ1n) is 11.0. The fourth-order valence-corrected chi connectivity index (χ4v) is 5.03. The Morgan fingerprint density at radius 2 is 1.62 bits per heavy atom. The number of hydrogen-bond donors (Lipinski definition) is 1. The number of likely N-dealkylation sites (tertiary alicyclic amines) is 1. The second-order valence-corrected chi connectivity index (χ2v) is 8.49. The van der Waals surface area contributed by atoms with Crippen LogP contribution in [0.1, 0.15) is 38.5 Å². The highest BCUT2D eigenvalue weighted by Gasteiger charge is 2.39. The van der Waals surface area contributed by atoms with Crippen LogP contribution in [-0.2, 0) is 4.79 Å². The van der Waals surface area contributed by atoms with Crippen molar-refractivity contribution in [2.45, 2.75) is 44.6 Å². The average molecular weight is 403 g/mol. The number of nitrogens with one attached hydrogen (secondary N) is 1. The fraction of sp³-hybridized carbons (Fsp3) is 0.636. The van der Waals surface area contributed by atoms with Crippen molar-refractivity contribution < 1.29 is 14.0 Å². The van der Waals surface area contributed by atoms with E-state index in [1.54, 1.807) is 17.0 Å². The number of nitrogens with zero attached hydrogens (tertiary/aromatic N) is 3. The van der Waals surface area contributed by atoms with E-state index in [-0.39, 0.29) is 17.9 Å². The van der Waals surface area contributed by atoms with Crippen LogP contribution < -0.4 is 5.32 Å². The van der Waals surface area contributed by atoms with E-state index < -0.39 is 0 Å². The largest absolute Gasteiger partial charge is 0.341 e. The van der Waals surface area contributed by atoms with Crippen LogP contribution in [0.4, 0.5) is 14.9 Å². The number of piperazine rings is 1. The Morgan fingerprint density at radius 3 is 2.28 bits per heavy atom. The third-order valence-corrected chi connectivity index (χ3v) is 6.59. The molecule has 7 heteroatoms. The molecule has 1 aromatic carbocycles. The Balaban J connectivity index is 1.37. The van der Waals surface area contributed by atoms with Gasteiger partial charge in [0.25, 0.3) is 0 Å². The molecule has 0 aromatic heterocycles. The van der Waals surface area contributed by atoms with Gasteiger partial charge in [-0.2, -0.15) is 0 Å². The minimum absolute atomic E-state index is 0.0379. The Labute approximate surface area is 172 Å². The van der Waals surface area contributed by atoms with Gasteiger partial charge in [0.1, 0.15) is 5.82 Å². The van der Waals surface area contributed by atoms with Gasteiger partial charge in [0.15, 0.2) is 0 Å². The summed E-state index contributed by atoms with van der Waals surface area (Å²) in [6.07, 6.45) is 6.90. The average Bonchev–Trinajstić information content (AvgIpc) is 3.43. The quantitative estimate of drug-likeness (QED) is 0.842. The lowest BCUT2D eigenvalue weighted by Gasteiger charge is -2.41. The van der Waals surface area contributed by atoms with Gasteiger partial charge >= 0.3 is 6.03 Å². The Bertz CT molecular complexity index is 723. The second-order valence-electron chi connectivity index (χ2n) is 8.49. The van der Waals surface area contributed by atoms with E-state index in [1.165, 1.54) is 25.0 Å². The van der Waals surface area contributed by atoms with E-state index in [0.29, 0.717) is 43.7 Å². The van der Waals surface area contributed by atoms with Gasteiger partial charge in [0.2, 0.25) is 5.91 Å². The lowest BCUT2D eigenvalue weighted by Crippen LogP contribution is -2.58. The number of halogens is 1. The number of urea groups is 1. The van der Waals surface area contributed by atoms with E-state index in [1.807, 2.05) is 4.90 Å². The molecule has 1 aliphatic carbocycles. The van der Waals surface area contributed by atoms with E-state index >= 15 is 0 Å². The van der Waals surface area contributed by atoms with Crippen molar-refractivity contribution in [2.24, 2.45) is 5.92 Å². The van der Waals surface area contributed by atoms with Crippen molar-refractivity contribution in [3.63, 3.8) is 0 Å². The Hall–Kier alpha value is -2.15. The van der Waals surface area contributed by atoms with E-state index in [4.69, 9.17) is 0 Å². The zero-order valence-corrected chi connectivity index (χ0v) is 17.0. The van der Waals surface area contributed by atoms with E-state index in [2.05, 4.69) is 10.2 Å². The van der Waals surface area contributed by atoms with Gasteiger partial charge in [-0.15, -0.1) is 0 Å². The molecule has 0 spiro atoms. The molecule has 2 aliphatic heterocycles. The molecule has 0 bridgehead atoms. The SMILES string of the molecule is O=C(Nc1cccc(F)c1)N1CCN(C(C(=O)N2CCCC2)C2CCCC2)CC1. The summed E-state index contributed by atoms with van der Waals surface area (Å²) >= 11 is 0. The van der Waals surface area contributed by atoms with Crippen LogP contribution in [0.2, 0.25) is 0 Å². The lowest BCUT2D eigenvalue weighted by atomic mass is 9.94. The van der Waals surface area contributed by atoms with Crippen molar-refractivity contribution in [3.8, 4) is 0 Å². The molecule has 3 fully saturated rings. The predicted molar refractivity (Wildman–Crippen MR) is 110 cm³/mol. The first kappa shape index (κ1) is 20.1. The van der Waals surface area contributed by atoms with Crippen molar-refractivity contribution in [2.75, 3.05) is 44.6 Å². The van der Waals surface area contributed by atoms with Crippen LogP contribution in [0.25, 0.3) is 0 Å². The number of amides is 3. The van der Waals surface area contributed by atoms with Crippen molar-refractivity contribution in [1.82, 2.24) is 14.7 Å². The molecule has 6 nitrogen and oxygen atoms in total. The zero-order valence-electron chi connectivity index (χ0n) is 17.0. The number of carbonyl (C=O) groups is 2. The monoisotopic (exact) mass is 402 g/mol.